The highest BCUT2D eigenvalue weighted by Crippen LogP contribution is 2.14. The van der Waals surface area contributed by atoms with Crippen LogP contribution in [0, 0.1) is 0 Å². The van der Waals surface area contributed by atoms with Crippen LogP contribution in [0.15, 0.2) is 30.3 Å². The Morgan fingerprint density at radius 1 is 1.35 bits per heavy atom. The Hall–Kier alpha value is -0.900. The van der Waals surface area contributed by atoms with Gasteiger partial charge in [0.2, 0.25) is 0 Å². The molecule has 0 unspecified atom stereocenters. The van der Waals surface area contributed by atoms with Crippen molar-refractivity contribution in [2.24, 2.45) is 0 Å². The highest BCUT2D eigenvalue weighted by Gasteiger charge is 2.24. The summed E-state index contributed by atoms with van der Waals surface area (Å²) in [6.07, 6.45) is 0.854. The third kappa shape index (κ3) is 3.53. The molecule has 0 saturated carbocycles. The standard InChI is InChI=1S/C14H22N2O/c1-12-10-16(14(7-8-17)9-15-12)11-13-5-3-2-4-6-13/h2-6,12,14-15,17H,7-11H2,1H3/t12-,14-/m0/s1. The fourth-order valence-electron chi connectivity index (χ4n) is 2.48. The van der Waals surface area contributed by atoms with E-state index in [1.54, 1.807) is 0 Å². The Bertz CT molecular complexity index is 328. The summed E-state index contributed by atoms with van der Waals surface area (Å²) in [6.45, 7) is 5.50. The lowest BCUT2D eigenvalue weighted by atomic mass is 10.1. The molecule has 1 aliphatic rings. The second-order valence-electron chi connectivity index (χ2n) is 4.89. The van der Waals surface area contributed by atoms with Crippen LogP contribution in [0.4, 0.5) is 0 Å². The van der Waals surface area contributed by atoms with Gasteiger partial charge in [-0.15, -0.1) is 0 Å². The molecule has 1 heterocycles. The van der Waals surface area contributed by atoms with Gasteiger partial charge in [0, 0.05) is 38.3 Å². The molecule has 17 heavy (non-hydrogen) atoms. The van der Waals surface area contributed by atoms with Crippen LogP contribution in [0.25, 0.3) is 0 Å². The first-order valence-electron chi connectivity index (χ1n) is 6.42. The van der Waals surface area contributed by atoms with Crippen LogP contribution < -0.4 is 5.32 Å². The summed E-state index contributed by atoms with van der Waals surface area (Å²) in [7, 11) is 0. The number of rotatable bonds is 4. The average molecular weight is 234 g/mol. The van der Waals surface area contributed by atoms with Crippen molar-refractivity contribution in [3.8, 4) is 0 Å². The zero-order valence-electron chi connectivity index (χ0n) is 10.5. The maximum absolute atomic E-state index is 9.11. The Morgan fingerprint density at radius 2 is 2.12 bits per heavy atom. The molecule has 1 fully saturated rings. The van der Waals surface area contributed by atoms with Crippen LogP contribution in [-0.2, 0) is 6.54 Å². The number of piperazine rings is 1. The van der Waals surface area contributed by atoms with E-state index in [-0.39, 0.29) is 6.61 Å². The average Bonchev–Trinajstić information content (AvgIpc) is 2.34. The SMILES string of the molecule is C[C@H]1CN(Cc2ccccc2)[C@@H](CCO)CN1. The highest BCUT2D eigenvalue weighted by molar-refractivity contribution is 5.14. The monoisotopic (exact) mass is 234 g/mol. The first kappa shape index (κ1) is 12.6. The van der Waals surface area contributed by atoms with E-state index in [4.69, 9.17) is 5.11 Å². The van der Waals surface area contributed by atoms with Crippen LogP contribution >= 0.6 is 0 Å². The van der Waals surface area contributed by atoms with Gasteiger partial charge >= 0.3 is 0 Å². The first-order chi connectivity index (χ1) is 8.29. The zero-order chi connectivity index (χ0) is 12.1. The second kappa shape index (κ2) is 6.15. The number of benzene rings is 1. The van der Waals surface area contributed by atoms with E-state index >= 15 is 0 Å². The predicted molar refractivity (Wildman–Crippen MR) is 69.8 cm³/mol. The van der Waals surface area contributed by atoms with Gasteiger partial charge in [-0.1, -0.05) is 30.3 Å². The lowest BCUT2D eigenvalue weighted by Gasteiger charge is -2.39. The third-order valence-corrected chi connectivity index (χ3v) is 3.42. The van der Waals surface area contributed by atoms with Gasteiger partial charge in [0.25, 0.3) is 0 Å². The largest absolute Gasteiger partial charge is 0.396 e. The van der Waals surface area contributed by atoms with E-state index < -0.39 is 0 Å². The van der Waals surface area contributed by atoms with Gasteiger partial charge in [0.05, 0.1) is 0 Å². The molecule has 2 atom stereocenters. The number of aliphatic hydroxyl groups excluding tert-OH is 1. The van der Waals surface area contributed by atoms with Gasteiger partial charge in [-0.2, -0.15) is 0 Å². The maximum Gasteiger partial charge on any atom is 0.0446 e. The van der Waals surface area contributed by atoms with E-state index in [2.05, 4.69) is 47.5 Å². The van der Waals surface area contributed by atoms with Crippen molar-refractivity contribution < 1.29 is 5.11 Å². The summed E-state index contributed by atoms with van der Waals surface area (Å²) < 4.78 is 0. The molecule has 94 valence electrons. The minimum absolute atomic E-state index is 0.270. The van der Waals surface area contributed by atoms with E-state index in [0.717, 1.165) is 26.1 Å². The molecule has 0 bridgehead atoms. The molecule has 3 heteroatoms. The van der Waals surface area contributed by atoms with E-state index in [0.29, 0.717) is 12.1 Å². The van der Waals surface area contributed by atoms with Crippen LogP contribution in [0.1, 0.15) is 18.9 Å². The van der Waals surface area contributed by atoms with Gasteiger partial charge in [-0.3, -0.25) is 4.90 Å². The van der Waals surface area contributed by atoms with Crippen molar-refractivity contribution in [2.75, 3.05) is 19.7 Å². The number of hydrogen-bond acceptors (Lipinski definition) is 3. The highest BCUT2D eigenvalue weighted by atomic mass is 16.3. The molecule has 0 spiro atoms. The number of nitrogens with zero attached hydrogens (tertiary/aromatic N) is 1. The lowest BCUT2D eigenvalue weighted by molar-refractivity contribution is 0.104. The van der Waals surface area contributed by atoms with Crippen LogP contribution in [0.3, 0.4) is 0 Å². The summed E-state index contributed by atoms with van der Waals surface area (Å²) in [5.74, 6) is 0. The Morgan fingerprint density at radius 3 is 2.82 bits per heavy atom. The Balaban J connectivity index is 1.99. The molecular weight excluding hydrogens is 212 g/mol. The number of aliphatic hydroxyl groups is 1. The van der Waals surface area contributed by atoms with Gasteiger partial charge in [0.1, 0.15) is 0 Å². The number of hydrogen-bond donors (Lipinski definition) is 2. The summed E-state index contributed by atoms with van der Waals surface area (Å²) in [5.41, 5.74) is 1.35. The van der Waals surface area contributed by atoms with Crippen LogP contribution in [0.2, 0.25) is 0 Å². The summed E-state index contributed by atoms with van der Waals surface area (Å²) >= 11 is 0. The van der Waals surface area contributed by atoms with Crippen molar-refractivity contribution in [1.29, 1.82) is 0 Å². The summed E-state index contributed by atoms with van der Waals surface area (Å²) in [6, 6.07) is 11.6. The molecular formula is C14H22N2O. The van der Waals surface area contributed by atoms with Gasteiger partial charge in [-0.25, -0.2) is 0 Å². The molecule has 3 nitrogen and oxygen atoms in total. The quantitative estimate of drug-likeness (QED) is 0.822. The fraction of sp³-hybridized carbons (Fsp3) is 0.571. The van der Waals surface area contributed by atoms with Crippen molar-refractivity contribution >= 4 is 0 Å². The molecule has 1 aliphatic heterocycles. The third-order valence-electron chi connectivity index (χ3n) is 3.42. The molecule has 0 aromatic heterocycles. The molecule has 1 aromatic rings. The molecule has 0 radical (unpaired) electrons. The van der Waals surface area contributed by atoms with Gasteiger partial charge in [-0.05, 0) is 18.9 Å². The van der Waals surface area contributed by atoms with Crippen molar-refractivity contribution in [3.63, 3.8) is 0 Å². The molecule has 2 rings (SSSR count). The van der Waals surface area contributed by atoms with Crippen LogP contribution in [0.5, 0.6) is 0 Å². The Labute approximate surface area is 103 Å². The molecule has 2 N–H and O–H groups in total. The fourth-order valence-corrected chi connectivity index (χ4v) is 2.48. The lowest BCUT2D eigenvalue weighted by Crippen LogP contribution is -2.55. The molecule has 1 aromatic carbocycles. The van der Waals surface area contributed by atoms with E-state index in [9.17, 15) is 0 Å². The van der Waals surface area contributed by atoms with E-state index in [1.165, 1.54) is 5.56 Å². The van der Waals surface area contributed by atoms with Crippen molar-refractivity contribution in [2.45, 2.75) is 32.0 Å². The minimum atomic E-state index is 0.270. The summed E-state index contributed by atoms with van der Waals surface area (Å²) in [4.78, 5) is 2.48. The van der Waals surface area contributed by atoms with Crippen molar-refractivity contribution in [3.05, 3.63) is 35.9 Å². The van der Waals surface area contributed by atoms with Crippen LogP contribution in [-0.4, -0.2) is 41.8 Å². The van der Waals surface area contributed by atoms with Gasteiger partial charge < -0.3 is 10.4 Å². The predicted octanol–water partition coefficient (Wildman–Crippen LogP) is 1.23. The first-order valence-corrected chi connectivity index (χ1v) is 6.42. The zero-order valence-corrected chi connectivity index (χ0v) is 10.5. The minimum Gasteiger partial charge on any atom is -0.396 e. The second-order valence-corrected chi connectivity index (χ2v) is 4.89. The topological polar surface area (TPSA) is 35.5 Å². The summed E-state index contributed by atoms with van der Waals surface area (Å²) in [5, 5.41) is 12.6. The van der Waals surface area contributed by atoms with Gasteiger partial charge in [0.15, 0.2) is 0 Å². The molecule has 1 saturated heterocycles. The Kier molecular flexibility index (Phi) is 4.54. The number of nitrogens with one attached hydrogen (secondary N) is 1. The smallest absolute Gasteiger partial charge is 0.0446 e. The van der Waals surface area contributed by atoms with E-state index in [1.807, 2.05) is 0 Å². The molecule has 0 aliphatic carbocycles. The maximum atomic E-state index is 9.11. The molecule has 0 amide bonds. The van der Waals surface area contributed by atoms with Crippen molar-refractivity contribution in [1.82, 2.24) is 10.2 Å². The normalized spacial score (nSPS) is 26.0.